The number of hydrogen-bond acceptors (Lipinski definition) is 4. The van der Waals surface area contributed by atoms with E-state index in [9.17, 15) is 0 Å². The topological polar surface area (TPSA) is 26.7 Å². The Morgan fingerprint density at radius 1 is 1.35 bits per heavy atom. The Labute approximate surface area is 115 Å². The van der Waals surface area contributed by atoms with E-state index in [-0.39, 0.29) is 6.61 Å². The van der Waals surface area contributed by atoms with Gasteiger partial charge in [-0.05, 0) is 24.3 Å². The number of hydrogen-bond donors (Lipinski definition) is 1. The standard InChI is InChI=1S/C11H13ClN2OS2/c12-9-1-3-10(4-2-9)14-7-13(5-6-15)8-17-11(14)16/h1-4,15H,5-8H2. The number of rotatable bonds is 3. The average Bonchev–Trinajstić information content (AvgIpc) is 2.33. The number of benzene rings is 1. The van der Waals surface area contributed by atoms with Crippen LogP contribution in [0.4, 0.5) is 5.69 Å². The third-order valence-corrected chi connectivity index (χ3v) is 4.27. The second-order valence-electron chi connectivity index (χ2n) is 3.70. The number of β-amino-alcohol motifs (C(OH)–C–C–N with tert-alkyl or cyclic N) is 1. The van der Waals surface area contributed by atoms with Crippen LogP contribution in [0.1, 0.15) is 0 Å². The van der Waals surface area contributed by atoms with Crippen LogP contribution in [0.2, 0.25) is 5.02 Å². The maximum absolute atomic E-state index is 8.96. The van der Waals surface area contributed by atoms with Gasteiger partial charge in [0, 0.05) is 17.3 Å². The summed E-state index contributed by atoms with van der Waals surface area (Å²) < 4.78 is 0.863. The van der Waals surface area contributed by atoms with Gasteiger partial charge in [0.25, 0.3) is 0 Å². The van der Waals surface area contributed by atoms with Gasteiger partial charge in [-0.15, -0.1) is 0 Å². The van der Waals surface area contributed by atoms with Gasteiger partial charge in [0.15, 0.2) is 0 Å². The first-order valence-electron chi connectivity index (χ1n) is 5.24. The summed E-state index contributed by atoms with van der Waals surface area (Å²) in [6.45, 7) is 1.55. The highest BCUT2D eigenvalue weighted by Crippen LogP contribution is 2.26. The zero-order valence-corrected chi connectivity index (χ0v) is 11.6. The van der Waals surface area contributed by atoms with Gasteiger partial charge in [0.1, 0.15) is 4.32 Å². The first-order valence-corrected chi connectivity index (χ1v) is 7.01. The molecule has 1 aromatic rings. The molecule has 0 aromatic heterocycles. The molecule has 1 fully saturated rings. The largest absolute Gasteiger partial charge is 0.395 e. The fourth-order valence-electron chi connectivity index (χ4n) is 1.61. The summed E-state index contributed by atoms with van der Waals surface area (Å²) in [5, 5.41) is 9.68. The second-order valence-corrected chi connectivity index (χ2v) is 5.72. The van der Waals surface area contributed by atoms with Gasteiger partial charge < -0.3 is 10.0 Å². The fraction of sp³-hybridized carbons (Fsp3) is 0.364. The summed E-state index contributed by atoms with van der Waals surface area (Å²) in [6, 6.07) is 7.62. The summed E-state index contributed by atoms with van der Waals surface area (Å²) in [5.41, 5.74) is 1.04. The molecule has 0 saturated carbocycles. The van der Waals surface area contributed by atoms with E-state index in [2.05, 4.69) is 9.80 Å². The minimum Gasteiger partial charge on any atom is -0.395 e. The van der Waals surface area contributed by atoms with E-state index in [1.54, 1.807) is 11.8 Å². The first-order chi connectivity index (χ1) is 8.20. The van der Waals surface area contributed by atoms with Crippen molar-refractivity contribution in [2.24, 2.45) is 0 Å². The Morgan fingerprint density at radius 3 is 2.71 bits per heavy atom. The van der Waals surface area contributed by atoms with Gasteiger partial charge in [0.2, 0.25) is 0 Å². The van der Waals surface area contributed by atoms with Crippen molar-refractivity contribution in [2.45, 2.75) is 0 Å². The molecule has 1 aromatic carbocycles. The lowest BCUT2D eigenvalue weighted by atomic mass is 10.3. The lowest BCUT2D eigenvalue weighted by molar-refractivity contribution is 0.219. The van der Waals surface area contributed by atoms with E-state index in [0.29, 0.717) is 13.2 Å². The van der Waals surface area contributed by atoms with Crippen LogP contribution in [-0.2, 0) is 0 Å². The predicted molar refractivity (Wildman–Crippen MR) is 77.6 cm³/mol. The Hall–Kier alpha value is -0.330. The van der Waals surface area contributed by atoms with E-state index in [4.69, 9.17) is 28.9 Å². The minimum absolute atomic E-state index is 0.168. The summed E-state index contributed by atoms with van der Waals surface area (Å²) in [5.74, 6) is 0.837. The van der Waals surface area contributed by atoms with E-state index >= 15 is 0 Å². The predicted octanol–water partition coefficient (Wildman–Crippen LogP) is 2.39. The maximum Gasteiger partial charge on any atom is 0.143 e. The van der Waals surface area contributed by atoms with Gasteiger partial charge in [-0.25, -0.2) is 0 Å². The highest BCUT2D eigenvalue weighted by molar-refractivity contribution is 8.23. The van der Waals surface area contributed by atoms with E-state index in [0.717, 1.165) is 20.9 Å². The molecule has 0 amide bonds. The van der Waals surface area contributed by atoms with Gasteiger partial charge in [0.05, 0.1) is 19.2 Å². The molecule has 1 N–H and O–H groups in total. The van der Waals surface area contributed by atoms with Crippen molar-refractivity contribution in [1.29, 1.82) is 0 Å². The molecule has 1 saturated heterocycles. The molecule has 0 bridgehead atoms. The van der Waals surface area contributed by atoms with Gasteiger partial charge in [-0.3, -0.25) is 4.90 Å². The number of aliphatic hydroxyl groups excluding tert-OH is 1. The number of thiocarbonyl (C=S) groups is 1. The molecule has 17 heavy (non-hydrogen) atoms. The monoisotopic (exact) mass is 288 g/mol. The van der Waals surface area contributed by atoms with Crippen molar-refractivity contribution in [3.63, 3.8) is 0 Å². The normalized spacial score (nSPS) is 17.5. The van der Waals surface area contributed by atoms with E-state index < -0.39 is 0 Å². The number of anilines is 1. The first kappa shape index (κ1) is 13.1. The molecule has 6 heteroatoms. The Balaban J connectivity index is 2.12. The highest BCUT2D eigenvalue weighted by atomic mass is 35.5. The molecule has 0 spiro atoms. The number of halogens is 1. The lowest BCUT2D eigenvalue weighted by Crippen LogP contribution is -2.45. The van der Waals surface area contributed by atoms with Crippen LogP contribution in [0.5, 0.6) is 0 Å². The molecular weight excluding hydrogens is 276 g/mol. The van der Waals surface area contributed by atoms with Crippen LogP contribution in [-0.4, -0.2) is 40.0 Å². The molecule has 0 unspecified atom stereocenters. The Bertz CT molecular complexity index is 399. The van der Waals surface area contributed by atoms with Crippen molar-refractivity contribution >= 4 is 45.6 Å². The van der Waals surface area contributed by atoms with Crippen molar-refractivity contribution < 1.29 is 5.11 Å². The molecule has 1 aliphatic rings. The zero-order chi connectivity index (χ0) is 12.3. The summed E-state index contributed by atoms with van der Waals surface area (Å²) >= 11 is 12.8. The van der Waals surface area contributed by atoms with Crippen molar-refractivity contribution in [3.8, 4) is 0 Å². The quantitative estimate of drug-likeness (QED) is 0.862. The van der Waals surface area contributed by atoms with E-state index in [1.165, 1.54) is 0 Å². The molecule has 2 rings (SSSR count). The summed E-state index contributed by atoms with van der Waals surface area (Å²) in [4.78, 5) is 4.20. The zero-order valence-electron chi connectivity index (χ0n) is 9.17. The van der Waals surface area contributed by atoms with Gasteiger partial charge in [-0.1, -0.05) is 35.6 Å². The van der Waals surface area contributed by atoms with Crippen LogP contribution in [0.15, 0.2) is 24.3 Å². The lowest BCUT2D eigenvalue weighted by Gasteiger charge is -2.36. The van der Waals surface area contributed by atoms with Crippen LogP contribution >= 0.6 is 35.6 Å². The summed E-state index contributed by atoms with van der Waals surface area (Å²) in [6.07, 6.45) is 0. The van der Waals surface area contributed by atoms with Gasteiger partial charge in [-0.2, -0.15) is 0 Å². The smallest absolute Gasteiger partial charge is 0.143 e. The number of nitrogens with zero attached hydrogens (tertiary/aromatic N) is 2. The van der Waals surface area contributed by atoms with Gasteiger partial charge >= 0.3 is 0 Å². The highest BCUT2D eigenvalue weighted by Gasteiger charge is 2.22. The SMILES string of the molecule is OCCN1CSC(=S)N(c2ccc(Cl)cc2)C1. The molecule has 0 atom stereocenters. The number of thioether (sulfide) groups is 1. The second kappa shape index (κ2) is 6.02. The van der Waals surface area contributed by atoms with Crippen LogP contribution < -0.4 is 4.90 Å². The molecule has 1 aliphatic heterocycles. The third kappa shape index (κ3) is 3.33. The van der Waals surface area contributed by atoms with Crippen LogP contribution in [0.25, 0.3) is 0 Å². The molecule has 1 heterocycles. The van der Waals surface area contributed by atoms with Crippen molar-refractivity contribution in [2.75, 3.05) is 30.6 Å². The van der Waals surface area contributed by atoms with Crippen LogP contribution in [0, 0.1) is 0 Å². The van der Waals surface area contributed by atoms with Crippen LogP contribution in [0.3, 0.4) is 0 Å². The third-order valence-electron chi connectivity index (χ3n) is 2.49. The van der Waals surface area contributed by atoms with Crippen molar-refractivity contribution in [3.05, 3.63) is 29.3 Å². The van der Waals surface area contributed by atoms with E-state index in [1.807, 2.05) is 24.3 Å². The average molecular weight is 289 g/mol. The fourth-order valence-corrected chi connectivity index (χ4v) is 2.88. The summed E-state index contributed by atoms with van der Waals surface area (Å²) in [7, 11) is 0. The Kier molecular flexibility index (Phi) is 4.64. The molecular formula is C11H13ClN2OS2. The molecule has 3 nitrogen and oxygen atoms in total. The van der Waals surface area contributed by atoms with Crippen molar-refractivity contribution in [1.82, 2.24) is 4.90 Å². The Morgan fingerprint density at radius 2 is 2.06 bits per heavy atom. The minimum atomic E-state index is 0.168. The molecule has 92 valence electrons. The maximum atomic E-state index is 8.96. The molecule has 0 radical (unpaired) electrons. The number of aliphatic hydroxyl groups is 1. The molecule has 0 aliphatic carbocycles.